The third-order valence-electron chi connectivity index (χ3n) is 3.73. The number of fused-ring (bicyclic) bond motifs is 1. The van der Waals surface area contributed by atoms with Crippen LogP contribution in [0.2, 0.25) is 0 Å². The minimum atomic E-state index is -0.0299. The Bertz CT molecular complexity index is 421. The van der Waals surface area contributed by atoms with Gasteiger partial charge in [-0.1, -0.05) is 26.0 Å². The molecule has 1 aliphatic heterocycles. The topological polar surface area (TPSA) is 35.2 Å². The molecule has 0 amide bonds. The van der Waals surface area contributed by atoms with Gasteiger partial charge in [-0.15, -0.1) is 0 Å². The lowest BCUT2D eigenvalue weighted by molar-refractivity contribution is 0.0846. The Labute approximate surface area is 104 Å². The van der Waals surface area contributed by atoms with E-state index in [0.717, 1.165) is 18.6 Å². The average Bonchev–Trinajstić information content (AvgIpc) is 2.27. The van der Waals surface area contributed by atoms with E-state index in [2.05, 4.69) is 45.9 Å². The first kappa shape index (κ1) is 12.4. The van der Waals surface area contributed by atoms with Crippen molar-refractivity contribution in [3.63, 3.8) is 0 Å². The minimum Gasteiger partial charge on any atom is -0.488 e. The maximum Gasteiger partial charge on any atom is 0.123 e. The molecule has 0 saturated heterocycles. The molecule has 2 nitrogen and oxygen atoms in total. The van der Waals surface area contributed by atoms with Crippen LogP contribution in [0.4, 0.5) is 0 Å². The summed E-state index contributed by atoms with van der Waals surface area (Å²) in [6.45, 7) is 9.32. The first-order chi connectivity index (χ1) is 7.84. The summed E-state index contributed by atoms with van der Waals surface area (Å²) < 4.78 is 5.99. The number of nitrogens with two attached hydrogens (primary N) is 1. The second-order valence-corrected chi connectivity index (χ2v) is 6.27. The van der Waals surface area contributed by atoms with Gasteiger partial charge in [0.25, 0.3) is 0 Å². The fourth-order valence-corrected chi connectivity index (χ4v) is 2.20. The Balaban J connectivity index is 2.34. The number of hydrogen-bond donors (Lipinski definition) is 1. The molecule has 0 unspecified atom stereocenters. The molecular weight excluding hydrogens is 210 g/mol. The van der Waals surface area contributed by atoms with E-state index in [-0.39, 0.29) is 11.0 Å². The predicted molar refractivity (Wildman–Crippen MR) is 71.6 cm³/mol. The van der Waals surface area contributed by atoms with E-state index in [9.17, 15) is 0 Å². The number of aryl methyl sites for hydroxylation is 1. The highest BCUT2D eigenvalue weighted by molar-refractivity contribution is 5.41. The smallest absolute Gasteiger partial charge is 0.123 e. The highest BCUT2D eigenvalue weighted by Gasteiger charge is 2.28. The van der Waals surface area contributed by atoms with Crippen LogP contribution in [0.15, 0.2) is 18.2 Å². The van der Waals surface area contributed by atoms with Gasteiger partial charge >= 0.3 is 0 Å². The van der Waals surface area contributed by atoms with Gasteiger partial charge in [0.15, 0.2) is 0 Å². The van der Waals surface area contributed by atoms with Crippen molar-refractivity contribution in [1.82, 2.24) is 0 Å². The highest BCUT2D eigenvalue weighted by atomic mass is 16.5. The lowest BCUT2D eigenvalue weighted by atomic mass is 9.82. The molecule has 1 heterocycles. The maximum atomic E-state index is 5.99. The summed E-state index contributed by atoms with van der Waals surface area (Å²) in [5.41, 5.74) is 8.47. The fraction of sp³-hybridized carbons (Fsp3) is 0.600. The number of benzene rings is 1. The average molecular weight is 233 g/mol. The molecule has 1 aliphatic rings. The van der Waals surface area contributed by atoms with E-state index < -0.39 is 0 Å². The second kappa shape index (κ2) is 4.02. The molecule has 0 atom stereocenters. The molecule has 2 rings (SSSR count). The zero-order valence-electron chi connectivity index (χ0n) is 11.3. The largest absolute Gasteiger partial charge is 0.488 e. The lowest BCUT2D eigenvalue weighted by Gasteiger charge is -2.34. The normalized spacial score (nSPS) is 18.4. The highest BCUT2D eigenvalue weighted by Crippen LogP contribution is 2.35. The van der Waals surface area contributed by atoms with Crippen molar-refractivity contribution >= 4 is 0 Å². The van der Waals surface area contributed by atoms with Crippen LogP contribution in [0.25, 0.3) is 0 Å². The molecule has 17 heavy (non-hydrogen) atoms. The Kier molecular flexibility index (Phi) is 2.94. The van der Waals surface area contributed by atoms with Crippen LogP contribution < -0.4 is 10.5 Å². The van der Waals surface area contributed by atoms with E-state index in [1.807, 2.05) is 0 Å². The molecule has 0 aliphatic carbocycles. The number of rotatable bonds is 2. The zero-order chi connectivity index (χ0) is 12.7. The van der Waals surface area contributed by atoms with E-state index in [1.54, 1.807) is 0 Å². The Morgan fingerprint density at radius 1 is 1.35 bits per heavy atom. The SMILES string of the molecule is CC1(C)CCc2cc(C(C)(C)CN)ccc2O1. The van der Waals surface area contributed by atoms with Crippen molar-refractivity contribution in [2.75, 3.05) is 6.54 Å². The van der Waals surface area contributed by atoms with E-state index in [4.69, 9.17) is 10.5 Å². The van der Waals surface area contributed by atoms with Gasteiger partial charge in [-0.3, -0.25) is 0 Å². The van der Waals surface area contributed by atoms with E-state index in [0.29, 0.717) is 6.54 Å². The van der Waals surface area contributed by atoms with Gasteiger partial charge in [0.1, 0.15) is 11.4 Å². The van der Waals surface area contributed by atoms with Gasteiger partial charge < -0.3 is 10.5 Å². The molecule has 0 aromatic heterocycles. The molecule has 2 N–H and O–H groups in total. The summed E-state index contributed by atoms with van der Waals surface area (Å²) in [4.78, 5) is 0. The maximum absolute atomic E-state index is 5.99. The summed E-state index contributed by atoms with van der Waals surface area (Å²) in [6.07, 6.45) is 2.17. The zero-order valence-corrected chi connectivity index (χ0v) is 11.3. The Hall–Kier alpha value is -1.02. The summed E-state index contributed by atoms with van der Waals surface area (Å²) in [7, 11) is 0. The monoisotopic (exact) mass is 233 g/mol. The molecule has 0 radical (unpaired) electrons. The number of hydrogen-bond acceptors (Lipinski definition) is 2. The van der Waals surface area contributed by atoms with Crippen molar-refractivity contribution < 1.29 is 4.74 Å². The summed E-state index contributed by atoms with van der Waals surface area (Å²) in [5.74, 6) is 1.04. The van der Waals surface area contributed by atoms with Crippen LogP contribution in [0.5, 0.6) is 5.75 Å². The third kappa shape index (κ3) is 2.47. The predicted octanol–water partition coefficient (Wildman–Crippen LogP) is 3.03. The summed E-state index contributed by atoms with van der Waals surface area (Å²) in [5, 5.41) is 0. The molecule has 1 aromatic carbocycles. The molecular formula is C15H23NO. The minimum absolute atomic E-state index is 0.0299. The van der Waals surface area contributed by atoms with Crippen molar-refractivity contribution in [3.05, 3.63) is 29.3 Å². The van der Waals surface area contributed by atoms with Gasteiger partial charge in [0.05, 0.1) is 0 Å². The quantitative estimate of drug-likeness (QED) is 0.852. The molecule has 0 fully saturated rings. The van der Waals surface area contributed by atoms with Crippen molar-refractivity contribution in [2.45, 2.75) is 51.6 Å². The van der Waals surface area contributed by atoms with E-state index in [1.165, 1.54) is 11.1 Å². The second-order valence-electron chi connectivity index (χ2n) is 6.27. The molecule has 1 aromatic rings. The van der Waals surface area contributed by atoms with Gasteiger partial charge in [0, 0.05) is 12.0 Å². The molecule has 0 bridgehead atoms. The van der Waals surface area contributed by atoms with E-state index >= 15 is 0 Å². The molecule has 94 valence electrons. The molecule has 0 spiro atoms. The number of ether oxygens (including phenoxy) is 1. The third-order valence-corrected chi connectivity index (χ3v) is 3.73. The van der Waals surface area contributed by atoms with Gasteiger partial charge in [-0.05, 0) is 43.9 Å². The Morgan fingerprint density at radius 3 is 2.71 bits per heavy atom. The van der Waals surface area contributed by atoms with Crippen molar-refractivity contribution in [3.8, 4) is 5.75 Å². The van der Waals surface area contributed by atoms with Crippen LogP contribution in [-0.4, -0.2) is 12.1 Å². The standard InChI is InChI=1S/C15H23NO/c1-14(2,10-16)12-5-6-13-11(9-12)7-8-15(3,4)17-13/h5-6,9H,7-8,10,16H2,1-4H3. The van der Waals surface area contributed by atoms with Gasteiger partial charge in [-0.2, -0.15) is 0 Å². The van der Waals surface area contributed by atoms with Crippen LogP contribution in [-0.2, 0) is 11.8 Å². The van der Waals surface area contributed by atoms with Crippen LogP contribution in [0.3, 0.4) is 0 Å². The first-order valence-electron chi connectivity index (χ1n) is 6.37. The summed E-state index contributed by atoms with van der Waals surface area (Å²) in [6, 6.07) is 6.51. The van der Waals surface area contributed by atoms with Crippen LogP contribution >= 0.6 is 0 Å². The van der Waals surface area contributed by atoms with Crippen molar-refractivity contribution in [1.29, 1.82) is 0 Å². The van der Waals surface area contributed by atoms with Crippen LogP contribution in [0.1, 0.15) is 45.2 Å². The van der Waals surface area contributed by atoms with Gasteiger partial charge in [0.2, 0.25) is 0 Å². The fourth-order valence-electron chi connectivity index (χ4n) is 2.20. The molecule has 2 heteroatoms. The van der Waals surface area contributed by atoms with Crippen LogP contribution in [0, 0.1) is 0 Å². The summed E-state index contributed by atoms with van der Waals surface area (Å²) >= 11 is 0. The Morgan fingerprint density at radius 2 is 2.06 bits per heavy atom. The van der Waals surface area contributed by atoms with Crippen molar-refractivity contribution in [2.24, 2.45) is 5.73 Å². The first-order valence-corrected chi connectivity index (χ1v) is 6.37. The van der Waals surface area contributed by atoms with Gasteiger partial charge in [-0.25, -0.2) is 0 Å². The lowest BCUT2D eigenvalue weighted by Crippen LogP contribution is -2.33. The molecule has 0 saturated carbocycles.